The van der Waals surface area contributed by atoms with E-state index in [1.807, 2.05) is 0 Å². The summed E-state index contributed by atoms with van der Waals surface area (Å²) in [5.74, 6) is -0.271. The molecule has 46 valence electrons. The first-order valence-corrected chi connectivity index (χ1v) is 2.37. The molecule has 1 heterocycles. The lowest BCUT2D eigenvalue weighted by molar-refractivity contribution is 0.0952. The minimum Gasteiger partial charge on any atom is -0.267 e. The van der Waals surface area contributed by atoms with Crippen LogP contribution in [0.5, 0.6) is 0 Å². The van der Waals surface area contributed by atoms with Crippen LogP contribution in [0.2, 0.25) is 0 Å². The van der Waals surface area contributed by atoms with Gasteiger partial charge in [0.05, 0.1) is 12.4 Å². The molecule has 4 nitrogen and oxygen atoms in total. The standard InChI is InChI=1S/C5H5N3O/c1-2-5(9)8-4-3-6-7-8/h2-4H,1H2. The minimum absolute atomic E-state index is 0.271. The Hall–Kier alpha value is -1.45. The Morgan fingerprint density at radius 2 is 2.56 bits per heavy atom. The van der Waals surface area contributed by atoms with Crippen LogP contribution in [0.3, 0.4) is 0 Å². The zero-order chi connectivity index (χ0) is 6.69. The molecule has 1 aromatic heterocycles. The van der Waals surface area contributed by atoms with Gasteiger partial charge in [0.2, 0.25) is 0 Å². The van der Waals surface area contributed by atoms with Gasteiger partial charge in [0.25, 0.3) is 5.91 Å². The normalized spacial score (nSPS) is 8.89. The summed E-state index contributed by atoms with van der Waals surface area (Å²) in [6.45, 7) is 3.28. The van der Waals surface area contributed by atoms with E-state index in [9.17, 15) is 4.79 Å². The lowest BCUT2D eigenvalue weighted by Crippen LogP contribution is -2.06. The van der Waals surface area contributed by atoms with Crippen molar-refractivity contribution in [2.24, 2.45) is 0 Å². The monoisotopic (exact) mass is 123 g/mol. The SMILES string of the molecule is C=CC(=O)n1ccnn1. The number of aromatic nitrogens is 3. The van der Waals surface area contributed by atoms with Gasteiger partial charge in [0.1, 0.15) is 0 Å². The summed E-state index contributed by atoms with van der Waals surface area (Å²) in [5.41, 5.74) is 0. The van der Waals surface area contributed by atoms with E-state index in [4.69, 9.17) is 0 Å². The van der Waals surface area contributed by atoms with Crippen LogP contribution in [-0.4, -0.2) is 20.9 Å². The van der Waals surface area contributed by atoms with Crippen LogP contribution in [0.4, 0.5) is 0 Å². The van der Waals surface area contributed by atoms with Gasteiger partial charge in [-0.15, -0.1) is 5.10 Å². The van der Waals surface area contributed by atoms with Gasteiger partial charge in [-0.25, -0.2) is 0 Å². The molecule has 0 amide bonds. The fourth-order valence-electron chi connectivity index (χ4n) is 0.419. The molecule has 4 heteroatoms. The highest BCUT2D eigenvalue weighted by molar-refractivity contribution is 5.88. The van der Waals surface area contributed by atoms with E-state index in [0.717, 1.165) is 4.68 Å². The second kappa shape index (κ2) is 2.21. The molecule has 1 aromatic rings. The number of hydrogen-bond donors (Lipinski definition) is 0. The number of carbonyl (C=O) groups excluding carboxylic acids is 1. The van der Waals surface area contributed by atoms with Gasteiger partial charge in [-0.3, -0.25) is 4.79 Å². The summed E-state index contributed by atoms with van der Waals surface area (Å²) >= 11 is 0. The Balaban J connectivity index is 2.89. The molecule has 0 saturated carbocycles. The quantitative estimate of drug-likeness (QED) is 0.498. The summed E-state index contributed by atoms with van der Waals surface area (Å²) in [6.07, 6.45) is 4.07. The van der Waals surface area contributed by atoms with E-state index in [-0.39, 0.29) is 5.91 Å². The molecule has 0 fully saturated rings. The van der Waals surface area contributed by atoms with Gasteiger partial charge in [-0.05, 0) is 6.08 Å². The zero-order valence-electron chi connectivity index (χ0n) is 4.69. The summed E-state index contributed by atoms with van der Waals surface area (Å²) in [5, 5.41) is 6.87. The van der Waals surface area contributed by atoms with Crippen LogP contribution < -0.4 is 0 Å². The average molecular weight is 123 g/mol. The summed E-state index contributed by atoms with van der Waals surface area (Å²) in [4.78, 5) is 10.6. The van der Waals surface area contributed by atoms with Gasteiger partial charge in [-0.2, -0.15) is 4.68 Å². The van der Waals surface area contributed by atoms with Gasteiger partial charge < -0.3 is 0 Å². The molecule has 1 rings (SSSR count). The summed E-state index contributed by atoms with van der Waals surface area (Å²) in [6, 6.07) is 0. The maximum Gasteiger partial charge on any atom is 0.271 e. The average Bonchev–Trinajstić information content (AvgIpc) is 2.37. The third-order valence-corrected chi connectivity index (χ3v) is 0.823. The fourth-order valence-corrected chi connectivity index (χ4v) is 0.419. The fraction of sp³-hybridized carbons (Fsp3) is 0. The lowest BCUT2D eigenvalue weighted by Gasteiger charge is -1.86. The van der Waals surface area contributed by atoms with Crippen molar-refractivity contribution >= 4 is 5.91 Å². The highest BCUT2D eigenvalue weighted by Crippen LogP contribution is 1.80. The minimum atomic E-state index is -0.271. The molecule has 0 atom stereocenters. The molecule has 9 heavy (non-hydrogen) atoms. The topological polar surface area (TPSA) is 47.8 Å². The largest absolute Gasteiger partial charge is 0.271 e. The third-order valence-electron chi connectivity index (χ3n) is 0.823. The van der Waals surface area contributed by atoms with E-state index in [2.05, 4.69) is 16.9 Å². The second-order valence-electron chi connectivity index (χ2n) is 1.39. The number of rotatable bonds is 1. The zero-order valence-corrected chi connectivity index (χ0v) is 4.69. The molecule has 0 aliphatic heterocycles. The van der Waals surface area contributed by atoms with Crippen LogP contribution in [0, 0.1) is 0 Å². The molecule has 0 aliphatic rings. The van der Waals surface area contributed by atoms with Crippen molar-refractivity contribution in [3.63, 3.8) is 0 Å². The number of nitrogens with zero attached hydrogens (tertiary/aromatic N) is 3. The van der Waals surface area contributed by atoms with Crippen molar-refractivity contribution in [2.45, 2.75) is 0 Å². The molecule has 0 unspecified atom stereocenters. The number of carbonyl (C=O) groups is 1. The molecule has 0 aromatic carbocycles. The maximum atomic E-state index is 10.6. The predicted octanol–water partition coefficient (Wildman–Crippen LogP) is 0.104. The van der Waals surface area contributed by atoms with E-state index in [1.54, 1.807) is 0 Å². The number of hydrogen-bond acceptors (Lipinski definition) is 3. The van der Waals surface area contributed by atoms with E-state index >= 15 is 0 Å². The molecule has 0 bridgehead atoms. The first-order valence-electron chi connectivity index (χ1n) is 2.37. The van der Waals surface area contributed by atoms with Gasteiger partial charge in [0.15, 0.2) is 0 Å². The van der Waals surface area contributed by atoms with Gasteiger partial charge >= 0.3 is 0 Å². The predicted molar refractivity (Wildman–Crippen MR) is 30.8 cm³/mol. The van der Waals surface area contributed by atoms with Crippen molar-refractivity contribution < 1.29 is 4.79 Å². The lowest BCUT2D eigenvalue weighted by atomic mass is 10.6. The molecular formula is C5H5N3O. The van der Waals surface area contributed by atoms with Crippen molar-refractivity contribution in [3.05, 3.63) is 25.0 Å². The van der Waals surface area contributed by atoms with Crippen LogP contribution in [0.25, 0.3) is 0 Å². The molecule has 0 saturated heterocycles. The van der Waals surface area contributed by atoms with Crippen molar-refractivity contribution in [3.8, 4) is 0 Å². The Morgan fingerprint density at radius 1 is 1.78 bits per heavy atom. The summed E-state index contributed by atoms with van der Waals surface area (Å²) in [7, 11) is 0. The Kier molecular flexibility index (Phi) is 1.40. The van der Waals surface area contributed by atoms with E-state index < -0.39 is 0 Å². The molecule has 0 spiro atoms. The smallest absolute Gasteiger partial charge is 0.267 e. The molecule has 0 aliphatic carbocycles. The van der Waals surface area contributed by atoms with E-state index in [1.165, 1.54) is 18.5 Å². The van der Waals surface area contributed by atoms with Crippen LogP contribution in [-0.2, 0) is 0 Å². The molecular weight excluding hydrogens is 118 g/mol. The van der Waals surface area contributed by atoms with Crippen molar-refractivity contribution in [2.75, 3.05) is 0 Å². The molecule has 0 radical (unpaired) electrons. The maximum absolute atomic E-state index is 10.6. The van der Waals surface area contributed by atoms with Gasteiger partial charge in [0, 0.05) is 0 Å². The third kappa shape index (κ3) is 1.02. The molecule has 0 N–H and O–H groups in total. The first-order chi connectivity index (χ1) is 4.34. The second-order valence-corrected chi connectivity index (χ2v) is 1.39. The van der Waals surface area contributed by atoms with E-state index in [0.29, 0.717) is 0 Å². The van der Waals surface area contributed by atoms with Crippen molar-refractivity contribution in [1.29, 1.82) is 0 Å². The van der Waals surface area contributed by atoms with Gasteiger partial charge in [-0.1, -0.05) is 11.8 Å². The Morgan fingerprint density at radius 3 is 3.00 bits per heavy atom. The van der Waals surface area contributed by atoms with Crippen LogP contribution >= 0.6 is 0 Å². The highest BCUT2D eigenvalue weighted by atomic mass is 16.2. The summed E-state index contributed by atoms with van der Waals surface area (Å²) < 4.78 is 1.10. The highest BCUT2D eigenvalue weighted by Gasteiger charge is 1.95. The van der Waals surface area contributed by atoms with Crippen LogP contribution in [0.1, 0.15) is 4.79 Å². The van der Waals surface area contributed by atoms with Crippen LogP contribution in [0.15, 0.2) is 25.0 Å². The van der Waals surface area contributed by atoms with Crippen molar-refractivity contribution in [1.82, 2.24) is 15.0 Å². The Bertz CT molecular complexity index is 214. The number of allylic oxidation sites excluding steroid dienone is 1. The Labute approximate surface area is 51.8 Å². The first kappa shape index (κ1) is 5.68.